The lowest BCUT2D eigenvalue weighted by molar-refractivity contribution is 0.142. The van der Waals surface area contributed by atoms with Gasteiger partial charge in [0.25, 0.3) is 6.43 Å². The SMILES string of the molecule is O=C(Nc1ccc2nc(C(F)F)[nH]c2c1)Nc1cnn(CCO)c1. The number of carbonyl (C=O) groups excluding carboxylic acids is 1. The number of H-pyrrole nitrogens is 1. The highest BCUT2D eigenvalue weighted by molar-refractivity contribution is 6.00. The monoisotopic (exact) mass is 336 g/mol. The summed E-state index contributed by atoms with van der Waals surface area (Å²) in [5.74, 6) is -0.414. The van der Waals surface area contributed by atoms with Gasteiger partial charge in [0.15, 0.2) is 5.82 Å². The molecule has 0 spiro atoms. The third kappa shape index (κ3) is 3.49. The number of aliphatic hydroxyl groups is 1. The van der Waals surface area contributed by atoms with Gasteiger partial charge in [-0.3, -0.25) is 4.68 Å². The molecule has 0 radical (unpaired) electrons. The minimum Gasteiger partial charge on any atom is -0.394 e. The normalized spacial score (nSPS) is 11.2. The fourth-order valence-electron chi connectivity index (χ4n) is 2.16. The van der Waals surface area contributed by atoms with Crippen LogP contribution in [0.5, 0.6) is 0 Å². The number of nitrogens with zero attached hydrogens (tertiary/aromatic N) is 3. The number of aromatic nitrogens is 4. The molecule has 0 aliphatic heterocycles. The van der Waals surface area contributed by atoms with Crippen LogP contribution >= 0.6 is 0 Å². The first kappa shape index (κ1) is 15.9. The van der Waals surface area contributed by atoms with Crippen LogP contribution in [-0.4, -0.2) is 37.5 Å². The van der Waals surface area contributed by atoms with Gasteiger partial charge in [-0.1, -0.05) is 0 Å². The van der Waals surface area contributed by atoms with Crippen molar-refractivity contribution in [2.45, 2.75) is 13.0 Å². The van der Waals surface area contributed by atoms with Crippen LogP contribution in [0.3, 0.4) is 0 Å². The number of hydrogen-bond acceptors (Lipinski definition) is 4. The average Bonchev–Trinajstić information content (AvgIpc) is 3.14. The summed E-state index contributed by atoms with van der Waals surface area (Å²) in [4.78, 5) is 18.2. The maximum Gasteiger partial charge on any atom is 0.323 e. The average molecular weight is 336 g/mol. The van der Waals surface area contributed by atoms with Crippen LogP contribution in [-0.2, 0) is 6.54 Å². The number of hydrogen-bond donors (Lipinski definition) is 4. The molecule has 0 bridgehead atoms. The van der Waals surface area contributed by atoms with E-state index in [0.29, 0.717) is 29.0 Å². The number of urea groups is 1. The van der Waals surface area contributed by atoms with Gasteiger partial charge in [-0.15, -0.1) is 0 Å². The van der Waals surface area contributed by atoms with Crippen molar-refractivity contribution < 1.29 is 18.7 Å². The number of aromatic amines is 1. The van der Waals surface area contributed by atoms with Crippen LogP contribution in [0, 0.1) is 0 Å². The highest BCUT2D eigenvalue weighted by Gasteiger charge is 2.13. The lowest BCUT2D eigenvalue weighted by Crippen LogP contribution is -2.19. The van der Waals surface area contributed by atoms with Crippen molar-refractivity contribution in [3.05, 3.63) is 36.4 Å². The molecular weight excluding hydrogens is 322 g/mol. The van der Waals surface area contributed by atoms with E-state index in [-0.39, 0.29) is 6.61 Å². The molecule has 24 heavy (non-hydrogen) atoms. The topological polar surface area (TPSA) is 108 Å². The molecule has 0 atom stereocenters. The molecule has 8 nitrogen and oxygen atoms in total. The molecule has 126 valence electrons. The third-order valence-corrected chi connectivity index (χ3v) is 3.18. The van der Waals surface area contributed by atoms with E-state index >= 15 is 0 Å². The summed E-state index contributed by atoms with van der Waals surface area (Å²) in [5, 5.41) is 17.9. The largest absolute Gasteiger partial charge is 0.394 e. The predicted molar refractivity (Wildman–Crippen MR) is 83.0 cm³/mol. The summed E-state index contributed by atoms with van der Waals surface area (Å²) >= 11 is 0. The first-order valence-electron chi connectivity index (χ1n) is 7.04. The van der Waals surface area contributed by atoms with E-state index in [1.54, 1.807) is 12.3 Å². The lowest BCUT2D eigenvalue weighted by atomic mass is 10.3. The molecule has 4 N–H and O–H groups in total. The molecule has 0 unspecified atom stereocenters. The molecule has 0 saturated heterocycles. The first-order chi connectivity index (χ1) is 11.5. The van der Waals surface area contributed by atoms with Crippen molar-refractivity contribution >= 4 is 28.4 Å². The predicted octanol–water partition coefficient (Wildman–Crippen LogP) is 2.33. The number of aliphatic hydroxyl groups excluding tert-OH is 1. The Morgan fingerprint density at radius 1 is 1.33 bits per heavy atom. The van der Waals surface area contributed by atoms with E-state index in [4.69, 9.17) is 5.11 Å². The maximum atomic E-state index is 12.6. The number of imidazole rings is 1. The molecule has 3 aromatic rings. The molecule has 0 saturated carbocycles. The number of benzene rings is 1. The van der Waals surface area contributed by atoms with Gasteiger partial charge >= 0.3 is 6.03 Å². The summed E-state index contributed by atoms with van der Waals surface area (Å²) in [5.41, 5.74) is 1.68. The molecule has 10 heteroatoms. The number of fused-ring (bicyclic) bond motifs is 1. The summed E-state index contributed by atoms with van der Waals surface area (Å²) in [6, 6.07) is 4.11. The number of alkyl halides is 2. The first-order valence-corrected chi connectivity index (χ1v) is 7.04. The van der Waals surface area contributed by atoms with E-state index < -0.39 is 18.3 Å². The van der Waals surface area contributed by atoms with Gasteiger partial charge in [0.2, 0.25) is 0 Å². The van der Waals surface area contributed by atoms with E-state index in [2.05, 4.69) is 25.7 Å². The Bertz CT molecular complexity index is 860. The Kier molecular flexibility index (Phi) is 4.38. The van der Waals surface area contributed by atoms with E-state index in [1.807, 2.05) is 0 Å². The summed E-state index contributed by atoms with van der Waals surface area (Å²) in [6.45, 7) is 0.268. The van der Waals surface area contributed by atoms with Crippen LogP contribution < -0.4 is 10.6 Å². The van der Waals surface area contributed by atoms with Gasteiger partial charge in [0.05, 0.1) is 36.1 Å². The fraction of sp³-hybridized carbons (Fsp3) is 0.214. The minimum absolute atomic E-state index is 0.0574. The van der Waals surface area contributed by atoms with Gasteiger partial charge in [-0.25, -0.2) is 18.6 Å². The summed E-state index contributed by atoms with van der Waals surface area (Å²) < 4.78 is 26.7. The van der Waals surface area contributed by atoms with Crippen LogP contribution in [0.1, 0.15) is 12.2 Å². The number of halogens is 2. The van der Waals surface area contributed by atoms with Crippen molar-refractivity contribution in [2.75, 3.05) is 17.2 Å². The highest BCUT2D eigenvalue weighted by atomic mass is 19.3. The van der Waals surface area contributed by atoms with Gasteiger partial charge in [0, 0.05) is 11.9 Å². The zero-order chi connectivity index (χ0) is 17.1. The second kappa shape index (κ2) is 6.62. The smallest absolute Gasteiger partial charge is 0.323 e. The fourth-order valence-corrected chi connectivity index (χ4v) is 2.16. The van der Waals surface area contributed by atoms with Gasteiger partial charge < -0.3 is 20.7 Å². The Morgan fingerprint density at radius 2 is 2.12 bits per heavy atom. The summed E-state index contributed by atoms with van der Waals surface area (Å²) in [7, 11) is 0. The van der Waals surface area contributed by atoms with Gasteiger partial charge in [0.1, 0.15) is 0 Å². The van der Waals surface area contributed by atoms with Gasteiger partial charge in [-0.2, -0.15) is 5.10 Å². The van der Waals surface area contributed by atoms with Crippen molar-refractivity contribution in [3.63, 3.8) is 0 Å². The molecule has 0 aliphatic rings. The zero-order valence-electron chi connectivity index (χ0n) is 12.3. The molecule has 1 aromatic carbocycles. The van der Waals surface area contributed by atoms with Crippen LogP contribution in [0.15, 0.2) is 30.6 Å². The van der Waals surface area contributed by atoms with Crippen LogP contribution in [0.4, 0.5) is 25.0 Å². The van der Waals surface area contributed by atoms with Crippen LogP contribution in [0.25, 0.3) is 11.0 Å². The van der Waals surface area contributed by atoms with Crippen molar-refractivity contribution in [1.29, 1.82) is 0 Å². The second-order valence-corrected chi connectivity index (χ2v) is 4.95. The number of rotatable bonds is 5. The second-order valence-electron chi connectivity index (χ2n) is 4.95. The molecular formula is C14H14F2N6O2. The zero-order valence-corrected chi connectivity index (χ0v) is 12.3. The highest BCUT2D eigenvalue weighted by Crippen LogP contribution is 2.22. The lowest BCUT2D eigenvalue weighted by Gasteiger charge is -2.05. The quantitative estimate of drug-likeness (QED) is 0.573. The maximum absolute atomic E-state index is 12.6. The van der Waals surface area contributed by atoms with E-state index in [1.165, 1.54) is 23.0 Å². The molecule has 2 amide bonds. The van der Waals surface area contributed by atoms with Gasteiger partial charge in [-0.05, 0) is 18.2 Å². The molecule has 0 fully saturated rings. The summed E-state index contributed by atoms with van der Waals surface area (Å²) in [6.07, 6.45) is 0.331. The Balaban J connectivity index is 1.68. The van der Waals surface area contributed by atoms with Crippen molar-refractivity contribution in [3.8, 4) is 0 Å². The molecule has 3 rings (SSSR count). The Morgan fingerprint density at radius 3 is 2.88 bits per heavy atom. The van der Waals surface area contributed by atoms with Crippen molar-refractivity contribution in [2.24, 2.45) is 0 Å². The van der Waals surface area contributed by atoms with E-state index in [9.17, 15) is 13.6 Å². The standard InChI is InChI=1S/C14H14F2N6O2/c15-12(16)13-20-10-2-1-8(5-11(10)21-13)18-14(24)19-9-6-17-22(7-9)3-4-23/h1-2,5-7,12,23H,3-4H2,(H,20,21)(H2,18,19,24). The van der Waals surface area contributed by atoms with E-state index in [0.717, 1.165) is 0 Å². The molecule has 0 aliphatic carbocycles. The van der Waals surface area contributed by atoms with Crippen molar-refractivity contribution in [1.82, 2.24) is 19.7 Å². The third-order valence-electron chi connectivity index (χ3n) is 3.18. The van der Waals surface area contributed by atoms with Crippen LogP contribution in [0.2, 0.25) is 0 Å². The Hall–Kier alpha value is -3.01. The minimum atomic E-state index is -2.69. The molecule has 2 heterocycles. The molecule has 2 aromatic heterocycles. The number of nitrogens with one attached hydrogen (secondary N) is 3. The number of anilines is 2. The number of carbonyl (C=O) groups is 1. The Labute approximate surface area is 134 Å². The number of amides is 2.